The van der Waals surface area contributed by atoms with Crippen molar-refractivity contribution < 1.29 is 8.42 Å². The van der Waals surface area contributed by atoms with Gasteiger partial charge in [-0.25, -0.2) is 8.42 Å². The second-order valence-corrected chi connectivity index (χ2v) is 4.66. The molecule has 6 heteroatoms. The molecular weight excluding hydrogens is 244 g/mol. The molecule has 0 aliphatic heterocycles. The van der Waals surface area contributed by atoms with Crippen LogP contribution in [-0.4, -0.2) is 8.42 Å². The summed E-state index contributed by atoms with van der Waals surface area (Å²) in [6.07, 6.45) is 0. The maximum atomic E-state index is 11.0. The van der Waals surface area contributed by atoms with Gasteiger partial charge in [0.15, 0.2) is 0 Å². The molecule has 1 radical (unpaired) electrons. The standard InChI is InChI=1S/C6H6BrN2O2S/c7-5-1-3-6(4-2-5)12(10,11)9-8/h1-4,8-9H. The van der Waals surface area contributed by atoms with Gasteiger partial charge in [-0.15, -0.1) is 4.83 Å². The second-order valence-electron chi connectivity index (χ2n) is 2.06. The molecule has 0 saturated carbocycles. The Morgan fingerprint density at radius 3 is 2.17 bits per heavy atom. The maximum absolute atomic E-state index is 11.0. The van der Waals surface area contributed by atoms with Crippen molar-refractivity contribution in [1.29, 1.82) is 0 Å². The highest BCUT2D eigenvalue weighted by molar-refractivity contribution is 9.10. The first-order valence-electron chi connectivity index (χ1n) is 3.00. The zero-order chi connectivity index (χ0) is 9.19. The Labute approximate surface area is 78.9 Å². The molecule has 0 aliphatic carbocycles. The molecule has 0 fully saturated rings. The number of hydrogen-bond acceptors (Lipinski definition) is 2. The van der Waals surface area contributed by atoms with Gasteiger partial charge in [0.1, 0.15) is 0 Å². The van der Waals surface area contributed by atoms with Gasteiger partial charge in [-0.3, -0.25) is 0 Å². The summed E-state index contributed by atoms with van der Waals surface area (Å²) in [6, 6.07) is 6.04. The van der Waals surface area contributed by atoms with Crippen molar-refractivity contribution in [2.45, 2.75) is 4.90 Å². The predicted molar refractivity (Wildman–Crippen MR) is 47.6 cm³/mol. The topological polar surface area (TPSA) is 70.0 Å². The van der Waals surface area contributed by atoms with E-state index in [9.17, 15) is 8.42 Å². The van der Waals surface area contributed by atoms with Gasteiger partial charge in [-0.05, 0) is 24.3 Å². The van der Waals surface area contributed by atoms with E-state index in [0.29, 0.717) is 0 Å². The lowest BCUT2D eigenvalue weighted by Gasteiger charge is -1.99. The molecule has 0 aliphatic rings. The minimum Gasteiger partial charge on any atom is -0.206 e. The summed E-state index contributed by atoms with van der Waals surface area (Å²) in [4.78, 5) is 1.57. The van der Waals surface area contributed by atoms with Crippen LogP contribution in [0.5, 0.6) is 0 Å². The first kappa shape index (κ1) is 9.66. The summed E-state index contributed by atoms with van der Waals surface area (Å²) in [5.74, 6) is 6.55. The van der Waals surface area contributed by atoms with Gasteiger partial charge in [-0.1, -0.05) is 15.9 Å². The van der Waals surface area contributed by atoms with Crippen molar-refractivity contribution in [1.82, 2.24) is 10.7 Å². The molecule has 0 aromatic heterocycles. The first-order valence-corrected chi connectivity index (χ1v) is 5.28. The van der Waals surface area contributed by atoms with Crippen molar-refractivity contribution in [2.24, 2.45) is 0 Å². The van der Waals surface area contributed by atoms with E-state index in [4.69, 9.17) is 5.84 Å². The second kappa shape index (κ2) is 3.53. The number of hydrogen-bond donors (Lipinski definition) is 1. The minimum absolute atomic E-state index is 0.0840. The minimum atomic E-state index is -3.62. The van der Waals surface area contributed by atoms with Crippen LogP contribution in [-0.2, 0) is 10.0 Å². The lowest BCUT2D eigenvalue weighted by atomic mass is 10.4. The van der Waals surface area contributed by atoms with Crippen LogP contribution in [0.15, 0.2) is 33.6 Å². The Bertz CT molecular complexity index is 360. The molecule has 0 bridgehead atoms. The van der Waals surface area contributed by atoms with Crippen LogP contribution < -0.4 is 10.7 Å². The predicted octanol–water partition coefficient (Wildman–Crippen LogP) is 0.925. The zero-order valence-electron chi connectivity index (χ0n) is 5.91. The highest BCUT2D eigenvalue weighted by atomic mass is 79.9. The van der Waals surface area contributed by atoms with E-state index in [1.54, 1.807) is 12.1 Å². The van der Waals surface area contributed by atoms with Crippen LogP contribution in [0.4, 0.5) is 0 Å². The van der Waals surface area contributed by atoms with Gasteiger partial charge in [0.05, 0.1) is 4.90 Å². The maximum Gasteiger partial charge on any atom is 0.254 e. The molecule has 2 N–H and O–H groups in total. The van der Waals surface area contributed by atoms with Crippen LogP contribution in [0.3, 0.4) is 0 Å². The molecule has 0 saturated heterocycles. The van der Waals surface area contributed by atoms with Crippen LogP contribution in [0.1, 0.15) is 0 Å². The van der Waals surface area contributed by atoms with Crippen molar-refractivity contribution in [3.05, 3.63) is 28.7 Å². The van der Waals surface area contributed by atoms with E-state index in [2.05, 4.69) is 15.9 Å². The molecule has 1 aromatic rings. The quantitative estimate of drug-likeness (QED) is 0.793. The van der Waals surface area contributed by atoms with Crippen LogP contribution in [0, 0.1) is 0 Å². The smallest absolute Gasteiger partial charge is 0.206 e. The van der Waals surface area contributed by atoms with Gasteiger partial charge < -0.3 is 0 Å². The van der Waals surface area contributed by atoms with E-state index in [1.165, 1.54) is 17.0 Å². The van der Waals surface area contributed by atoms with E-state index in [0.717, 1.165) is 4.47 Å². The van der Waals surface area contributed by atoms with Gasteiger partial charge in [-0.2, -0.15) is 5.84 Å². The molecule has 0 heterocycles. The summed E-state index contributed by atoms with van der Waals surface area (Å²) < 4.78 is 22.8. The van der Waals surface area contributed by atoms with Crippen molar-refractivity contribution >= 4 is 26.0 Å². The Balaban J connectivity index is 3.14. The number of benzene rings is 1. The summed E-state index contributed by atoms with van der Waals surface area (Å²) in [7, 11) is -3.62. The van der Waals surface area contributed by atoms with E-state index >= 15 is 0 Å². The van der Waals surface area contributed by atoms with Crippen molar-refractivity contribution in [2.75, 3.05) is 0 Å². The molecule has 0 atom stereocenters. The van der Waals surface area contributed by atoms with Crippen LogP contribution >= 0.6 is 15.9 Å². The summed E-state index contributed by atoms with van der Waals surface area (Å²) in [6.45, 7) is 0. The molecule has 12 heavy (non-hydrogen) atoms. The SMILES string of the molecule is [NH]NS(=O)(=O)c1ccc(Br)cc1. The third kappa shape index (κ3) is 2.04. The molecule has 0 spiro atoms. The fourth-order valence-electron chi connectivity index (χ4n) is 0.673. The van der Waals surface area contributed by atoms with Gasteiger partial charge in [0.25, 0.3) is 10.0 Å². The molecule has 65 valence electrons. The summed E-state index contributed by atoms with van der Waals surface area (Å²) in [5.41, 5.74) is 0. The lowest BCUT2D eigenvalue weighted by molar-refractivity contribution is 0.582. The highest BCUT2D eigenvalue weighted by Crippen LogP contribution is 2.13. The van der Waals surface area contributed by atoms with Crippen molar-refractivity contribution in [3.63, 3.8) is 0 Å². The molecular formula is C6H6BrN2O2S. The van der Waals surface area contributed by atoms with Crippen molar-refractivity contribution in [3.8, 4) is 0 Å². The average molecular weight is 250 g/mol. The number of halogens is 1. The van der Waals surface area contributed by atoms with Gasteiger partial charge in [0.2, 0.25) is 0 Å². The normalized spacial score (nSPS) is 11.5. The molecule has 0 amide bonds. The van der Waals surface area contributed by atoms with E-state index < -0.39 is 10.0 Å². The molecule has 4 nitrogen and oxygen atoms in total. The van der Waals surface area contributed by atoms with Crippen LogP contribution in [0.25, 0.3) is 0 Å². The largest absolute Gasteiger partial charge is 0.254 e. The Kier molecular flexibility index (Phi) is 2.84. The molecule has 1 aromatic carbocycles. The Hall–Kier alpha value is -0.430. The fourth-order valence-corrected chi connectivity index (χ4v) is 1.55. The fraction of sp³-hybridized carbons (Fsp3) is 0. The number of nitrogens with one attached hydrogen (secondary N) is 2. The third-order valence-electron chi connectivity index (χ3n) is 1.26. The monoisotopic (exact) mass is 249 g/mol. The van der Waals surface area contributed by atoms with E-state index in [1.807, 2.05) is 0 Å². The number of rotatable bonds is 2. The molecule has 0 unspecified atom stereocenters. The summed E-state index contributed by atoms with van der Waals surface area (Å²) in [5, 5.41) is 0. The summed E-state index contributed by atoms with van der Waals surface area (Å²) >= 11 is 3.17. The van der Waals surface area contributed by atoms with Gasteiger partial charge >= 0.3 is 0 Å². The lowest BCUT2D eigenvalue weighted by Crippen LogP contribution is -2.21. The van der Waals surface area contributed by atoms with Crippen LogP contribution in [0.2, 0.25) is 0 Å². The highest BCUT2D eigenvalue weighted by Gasteiger charge is 2.10. The first-order chi connectivity index (χ1) is 5.56. The average Bonchev–Trinajstić information content (AvgIpc) is 2.05. The zero-order valence-corrected chi connectivity index (χ0v) is 8.31. The Morgan fingerprint density at radius 1 is 1.25 bits per heavy atom. The van der Waals surface area contributed by atoms with Gasteiger partial charge in [0, 0.05) is 4.47 Å². The third-order valence-corrected chi connectivity index (χ3v) is 2.95. The molecule has 1 rings (SSSR count). The number of sulfonamides is 1. The Morgan fingerprint density at radius 2 is 1.75 bits per heavy atom. The van der Waals surface area contributed by atoms with E-state index in [-0.39, 0.29) is 4.90 Å².